The van der Waals surface area contributed by atoms with Gasteiger partial charge in [-0.25, -0.2) is 8.78 Å². The fraction of sp³-hybridized carbons (Fsp3) is 0.538. The van der Waals surface area contributed by atoms with Gasteiger partial charge in [-0.05, 0) is 37.6 Å². The molecule has 0 saturated carbocycles. The van der Waals surface area contributed by atoms with E-state index in [0.717, 1.165) is 19.0 Å². The molecule has 2 atom stereocenters. The number of ether oxygens (including phenoxy) is 1. The van der Waals surface area contributed by atoms with Gasteiger partial charge < -0.3 is 10.1 Å². The van der Waals surface area contributed by atoms with Crippen LogP contribution in [0.25, 0.3) is 0 Å². The first-order chi connectivity index (χ1) is 8.10. The maximum atomic E-state index is 13.2. The van der Waals surface area contributed by atoms with Crippen LogP contribution >= 0.6 is 0 Å². The highest BCUT2D eigenvalue weighted by atomic mass is 19.2. The average molecular weight is 243 g/mol. The Morgan fingerprint density at radius 3 is 2.53 bits per heavy atom. The van der Waals surface area contributed by atoms with Crippen molar-refractivity contribution in [3.8, 4) is 0 Å². The van der Waals surface area contributed by atoms with E-state index in [1.54, 1.807) is 13.2 Å². The van der Waals surface area contributed by atoms with E-state index in [1.165, 1.54) is 6.07 Å². The molecule has 1 rings (SSSR count). The van der Waals surface area contributed by atoms with Gasteiger partial charge in [0, 0.05) is 7.11 Å². The van der Waals surface area contributed by atoms with Crippen molar-refractivity contribution in [2.24, 2.45) is 0 Å². The SMILES string of the molecule is CCCNC(c1ccc(F)c(F)c1)C(C)OC. The lowest BCUT2D eigenvalue weighted by molar-refractivity contribution is 0.0829. The summed E-state index contributed by atoms with van der Waals surface area (Å²) in [5.74, 6) is -1.65. The van der Waals surface area contributed by atoms with Crippen LogP contribution in [-0.4, -0.2) is 19.8 Å². The fourth-order valence-electron chi connectivity index (χ4n) is 1.70. The van der Waals surface area contributed by atoms with Gasteiger partial charge in [0.1, 0.15) is 0 Å². The molecule has 0 spiro atoms. The van der Waals surface area contributed by atoms with E-state index in [-0.39, 0.29) is 12.1 Å². The standard InChI is InChI=1S/C13H19F2NO/c1-4-7-16-13(9(2)17-3)10-5-6-11(14)12(15)8-10/h5-6,8-9,13,16H,4,7H2,1-3H3. The van der Waals surface area contributed by atoms with E-state index in [4.69, 9.17) is 4.74 Å². The quantitative estimate of drug-likeness (QED) is 0.829. The Bertz CT molecular complexity index is 357. The van der Waals surface area contributed by atoms with Gasteiger partial charge in [0.25, 0.3) is 0 Å². The molecule has 0 aromatic heterocycles. The molecule has 0 heterocycles. The molecular formula is C13H19F2NO. The first-order valence-corrected chi connectivity index (χ1v) is 5.81. The number of nitrogens with one attached hydrogen (secondary N) is 1. The van der Waals surface area contributed by atoms with Crippen molar-refractivity contribution in [3.05, 3.63) is 35.4 Å². The molecule has 0 aliphatic carbocycles. The molecule has 0 aliphatic rings. The highest BCUT2D eigenvalue weighted by Crippen LogP contribution is 2.21. The zero-order chi connectivity index (χ0) is 12.8. The third kappa shape index (κ3) is 3.75. The molecule has 1 aromatic rings. The van der Waals surface area contributed by atoms with Crippen molar-refractivity contribution in [1.29, 1.82) is 0 Å². The summed E-state index contributed by atoms with van der Waals surface area (Å²) in [7, 11) is 1.60. The molecular weight excluding hydrogens is 224 g/mol. The largest absolute Gasteiger partial charge is 0.380 e. The van der Waals surface area contributed by atoms with Gasteiger partial charge in [-0.2, -0.15) is 0 Å². The summed E-state index contributed by atoms with van der Waals surface area (Å²) in [6.07, 6.45) is 0.864. The van der Waals surface area contributed by atoms with Crippen molar-refractivity contribution in [2.75, 3.05) is 13.7 Å². The Morgan fingerprint density at radius 1 is 1.29 bits per heavy atom. The summed E-state index contributed by atoms with van der Waals surface area (Å²) in [5.41, 5.74) is 0.701. The summed E-state index contributed by atoms with van der Waals surface area (Å²) < 4.78 is 31.3. The van der Waals surface area contributed by atoms with Crippen molar-refractivity contribution in [1.82, 2.24) is 5.32 Å². The summed E-state index contributed by atoms with van der Waals surface area (Å²) in [6, 6.07) is 3.82. The number of benzene rings is 1. The van der Waals surface area contributed by atoms with E-state index in [0.29, 0.717) is 5.56 Å². The van der Waals surface area contributed by atoms with Crippen LogP contribution < -0.4 is 5.32 Å². The van der Waals surface area contributed by atoms with E-state index in [2.05, 4.69) is 5.32 Å². The number of hydrogen-bond donors (Lipinski definition) is 1. The van der Waals surface area contributed by atoms with Crippen LogP contribution in [0.4, 0.5) is 8.78 Å². The number of halogens is 2. The summed E-state index contributed by atoms with van der Waals surface area (Å²) in [5, 5.41) is 3.27. The van der Waals surface area contributed by atoms with Gasteiger partial charge in [-0.15, -0.1) is 0 Å². The minimum atomic E-state index is -0.826. The smallest absolute Gasteiger partial charge is 0.159 e. The monoisotopic (exact) mass is 243 g/mol. The normalized spacial score (nSPS) is 14.6. The highest BCUT2D eigenvalue weighted by molar-refractivity contribution is 5.22. The summed E-state index contributed by atoms with van der Waals surface area (Å²) in [4.78, 5) is 0. The van der Waals surface area contributed by atoms with Crippen molar-refractivity contribution >= 4 is 0 Å². The highest BCUT2D eigenvalue weighted by Gasteiger charge is 2.19. The average Bonchev–Trinajstić information content (AvgIpc) is 2.33. The predicted molar refractivity (Wildman–Crippen MR) is 63.9 cm³/mol. The molecule has 1 N–H and O–H groups in total. The van der Waals surface area contributed by atoms with Crippen LogP contribution in [0, 0.1) is 11.6 Å². The fourth-order valence-corrected chi connectivity index (χ4v) is 1.70. The van der Waals surface area contributed by atoms with Crippen LogP contribution in [0.5, 0.6) is 0 Å². The number of rotatable bonds is 6. The maximum Gasteiger partial charge on any atom is 0.159 e. The van der Waals surface area contributed by atoms with E-state index < -0.39 is 11.6 Å². The number of hydrogen-bond acceptors (Lipinski definition) is 2. The molecule has 1 aromatic carbocycles. The Labute approximate surface area is 101 Å². The Balaban J connectivity index is 2.91. The summed E-state index contributed by atoms with van der Waals surface area (Å²) >= 11 is 0. The molecule has 2 unspecified atom stereocenters. The van der Waals surface area contributed by atoms with Crippen molar-refractivity contribution < 1.29 is 13.5 Å². The lowest BCUT2D eigenvalue weighted by Gasteiger charge is -2.24. The molecule has 0 saturated heterocycles. The molecule has 0 aliphatic heterocycles. The molecule has 2 nitrogen and oxygen atoms in total. The van der Waals surface area contributed by atoms with Gasteiger partial charge in [-0.1, -0.05) is 13.0 Å². The van der Waals surface area contributed by atoms with E-state index in [9.17, 15) is 8.78 Å². The molecule has 0 amide bonds. The minimum absolute atomic E-state index is 0.105. The lowest BCUT2D eigenvalue weighted by Crippen LogP contribution is -2.32. The first kappa shape index (κ1) is 14.1. The second kappa shape index (κ2) is 6.67. The van der Waals surface area contributed by atoms with Gasteiger partial charge in [0.2, 0.25) is 0 Å². The van der Waals surface area contributed by atoms with Crippen LogP contribution in [0.2, 0.25) is 0 Å². The third-order valence-electron chi connectivity index (χ3n) is 2.76. The van der Waals surface area contributed by atoms with Crippen LogP contribution in [-0.2, 0) is 4.74 Å². The van der Waals surface area contributed by atoms with E-state index in [1.807, 2.05) is 13.8 Å². The molecule has 0 bridgehead atoms. The van der Waals surface area contributed by atoms with E-state index >= 15 is 0 Å². The lowest BCUT2D eigenvalue weighted by atomic mass is 10.0. The van der Waals surface area contributed by atoms with Gasteiger partial charge in [0.05, 0.1) is 12.1 Å². The van der Waals surface area contributed by atoms with Gasteiger partial charge >= 0.3 is 0 Å². The maximum absolute atomic E-state index is 13.2. The minimum Gasteiger partial charge on any atom is -0.380 e. The zero-order valence-electron chi connectivity index (χ0n) is 10.5. The summed E-state index contributed by atoms with van der Waals surface area (Å²) in [6.45, 7) is 4.75. The van der Waals surface area contributed by atoms with Crippen LogP contribution in [0.3, 0.4) is 0 Å². The topological polar surface area (TPSA) is 21.3 Å². The molecule has 0 radical (unpaired) electrons. The van der Waals surface area contributed by atoms with Crippen molar-refractivity contribution in [3.63, 3.8) is 0 Å². The Hall–Kier alpha value is -1.00. The van der Waals surface area contributed by atoms with Crippen LogP contribution in [0.15, 0.2) is 18.2 Å². The third-order valence-corrected chi connectivity index (χ3v) is 2.76. The van der Waals surface area contributed by atoms with Crippen molar-refractivity contribution in [2.45, 2.75) is 32.4 Å². The zero-order valence-corrected chi connectivity index (χ0v) is 10.5. The predicted octanol–water partition coefficient (Wildman–Crippen LogP) is 3.04. The first-order valence-electron chi connectivity index (χ1n) is 5.81. The van der Waals surface area contributed by atoms with Crippen LogP contribution in [0.1, 0.15) is 31.9 Å². The van der Waals surface area contributed by atoms with Gasteiger partial charge in [-0.3, -0.25) is 0 Å². The Morgan fingerprint density at radius 2 is 2.00 bits per heavy atom. The second-order valence-corrected chi connectivity index (χ2v) is 4.05. The molecule has 96 valence electrons. The molecule has 4 heteroatoms. The van der Waals surface area contributed by atoms with Gasteiger partial charge in [0.15, 0.2) is 11.6 Å². The number of methoxy groups -OCH3 is 1. The second-order valence-electron chi connectivity index (χ2n) is 4.05. The molecule has 0 fully saturated rings. The molecule has 17 heavy (non-hydrogen) atoms. The Kier molecular flexibility index (Phi) is 5.51.